The topological polar surface area (TPSA) is 125 Å². The number of nitrogens with two attached hydrogens (primary N) is 1. The highest BCUT2D eigenvalue weighted by Crippen LogP contribution is 2.40. The maximum Gasteiger partial charge on any atom is 0.268 e. The first-order chi connectivity index (χ1) is 11.1. The minimum absolute atomic E-state index is 0.00959. The zero-order valence-electron chi connectivity index (χ0n) is 12.6. The van der Waals surface area contributed by atoms with Gasteiger partial charge in [-0.05, 0) is 13.0 Å². The molecule has 2 rings (SSSR count). The van der Waals surface area contributed by atoms with E-state index in [1.165, 1.54) is 7.11 Å². The number of H-pyrrole nitrogens is 1. The molecule has 0 amide bonds. The number of anilines is 1. The number of ether oxygens (including phenoxy) is 2. The van der Waals surface area contributed by atoms with Gasteiger partial charge in [-0.2, -0.15) is 10.5 Å². The summed E-state index contributed by atoms with van der Waals surface area (Å²) in [6, 6.07) is 8.76. The average Bonchev–Trinajstić information content (AvgIpc) is 2.54. The van der Waals surface area contributed by atoms with Crippen molar-refractivity contribution in [1.82, 2.24) is 4.98 Å². The Hall–Kier alpha value is -3.45. The first-order valence-electron chi connectivity index (χ1n) is 6.75. The Morgan fingerprint density at radius 2 is 1.96 bits per heavy atom. The lowest BCUT2D eigenvalue weighted by Gasteiger charge is -2.16. The van der Waals surface area contributed by atoms with Gasteiger partial charge in [0.15, 0.2) is 11.5 Å². The molecule has 7 heteroatoms. The number of methoxy groups -OCH3 is 1. The maximum absolute atomic E-state index is 12.0. The molecule has 0 saturated carbocycles. The highest BCUT2D eigenvalue weighted by molar-refractivity contribution is 5.84. The third kappa shape index (κ3) is 2.68. The van der Waals surface area contributed by atoms with E-state index >= 15 is 0 Å². The highest BCUT2D eigenvalue weighted by atomic mass is 16.5. The first kappa shape index (κ1) is 15.9. The van der Waals surface area contributed by atoms with E-state index in [0.29, 0.717) is 23.7 Å². The molecule has 7 nitrogen and oxygen atoms in total. The summed E-state index contributed by atoms with van der Waals surface area (Å²) in [5.41, 5.74) is 5.41. The summed E-state index contributed by atoms with van der Waals surface area (Å²) in [6.45, 7) is 2.13. The molecule has 0 aliphatic heterocycles. The lowest BCUT2D eigenvalue weighted by atomic mass is 9.95. The molecule has 0 radical (unpaired) electrons. The van der Waals surface area contributed by atoms with Crippen LogP contribution in [0.25, 0.3) is 11.1 Å². The SMILES string of the molecule is CCOc1c(OC)cccc1-c1c(C#N)c(N)[nH]c(=O)c1C#N. The number of pyridine rings is 1. The number of rotatable bonds is 4. The number of aromatic amines is 1. The normalized spacial score (nSPS) is 9.74. The molecule has 0 fully saturated rings. The lowest BCUT2D eigenvalue weighted by molar-refractivity contribution is 0.312. The summed E-state index contributed by atoms with van der Waals surface area (Å²) < 4.78 is 10.9. The van der Waals surface area contributed by atoms with Crippen molar-refractivity contribution in [2.75, 3.05) is 19.5 Å². The molecule has 2 aromatic rings. The molecule has 23 heavy (non-hydrogen) atoms. The molecule has 116 valence electrons. The number of nitrogens with zero attached hydrogens (tertiary/aromatic N) is 2. The number of para-hydroxylation sites is 1. The number of hydrogen-bond acceptors (Lipinski definition) is 6. The Morgan fingerprint density at radius 3 is 2.52 bits per heavy atom. The van der Waals surface area contributed by atoms with E-state index in [-0.39, 0.29) is 22.5 Å². The van der Waals surface area contributed by atoms with Crippen molar-refractivity contribution in [3.05, 3.63) is 39.7 Å². The number of aromatic nitrogens is 1. The van der Waals surface area contributed by atoms with Crippen LogP contribution in [-0.4, -0.2) is 18.7 Å². The van der Waals surface area contributed by atoms with Gasteiger partial charge in [0, 0.05) is 11.1 Å². The molecule has 0 aliphatic rings. The van der Waals surface area contributed by atoms with Crippen LogP contribution >= 0.6 is 0 Å². The second-order valence-corrected chi connectivity index (χ2v) is 4.49. The van der Waals surface area contributed by atoms with Crippen molar-refractivity contribution in [1.29, 1.82) is 10.5 Å². The lowest BCUT2D eigenvalue weighted by Crippen LogP contribution is -2.16. The van der Waals surface area contributed by atoms with E-state index < -0.39 is 5.56 Å². The van der Waals surface area contributed by atoms with Crippen LogP contribution < -0.4 is 20.8 Å². The zero-order chi connectivity index (χ0) is 17.0. The predicted molar refractivity (Wildman–Crippen MR) is 84.1 cm³/mol. The van der Waals surface area contributed by atoms with Crippen molar-refractivity contribution in [2.45, 2.75) is 6.92 Å². The van der Waals surface area contributed by atoms with Gasteiger partial charge in [-0.25, -0.2) is 0 Å². The molecule has 1 aromatic carbocycles. The second-order valence-electron chi connectivity index (χ2n) is 4.49. The summed E-state index contributed by atoms with van der Waals surface area (Å²) in [6.07, 6.45) is 0. The van der Waals surface area contributed by atoms with E-state index in [1.54, 1.807) is 25.1 Å². The molecule has 0 aliphatic carbocycles. The molecule has 0 bridgehead atoms. The molecule has 1 aromatic heterocycles. The summed E-state index contributed by atoms with van der Waals surface area (Å²) in [7, 11) is 1.48. The Bertz CT molecular complexity index is 888. The molecular formula is C16H14N4O3. The molecule has 0 saturated heterocycles. The Morgan fingerprint density at radius 1 is 1.26 bits per heavy atom. The number of benzene rings is 1. The largest absolute Gasteiger partial charge is 0.493 e. The standard InChI is InChI=1S/C16H14N4O3/c1-3-23-14-9(5-4-6-12(14)22-2)13-10(7-17)15(19)20-16(21)11(13)8-18/h4-6H,3H2,1-2H3,(H3,19,20,21). The summed E-state index contributed by atoms with van der Waals surface area (Å²) in [4.78, 5) is 14.3. The number of nitrogens with one attached hydrogen (secondary N) is 1. The van der Waals surface area contributed by atoms with Gasteiger partial charge in [0.1, 0.15) is 29.1 Å². The smallest absolute Gasteiger partial charge is 0.268 e. The van der Waals surface area contributed by atoms with Gasteiger partial charge in [0.05, 0.1) is 13.7 Å². The Balaban J connectivity index is 2.96. The summed E-state index contributed by atoms with van der Waals surface area (Å²) in [5, 5.41) is 18.7. The Labute approximate surface area is 132 Å². The molecule has 0 atom stereocenters. The van der Waals surface area contributed by atoms with Crippen LogP contribution in [0.3, 0.4) is 0 Å². The minimum Gasteiger partial charge on any atom is -0.493 e. The fourth-order valence-corrected chi connectivity index (χ4v) is 2.28. The molecule has 3 N–H and O–H groups in total. The van der Waals surface area contributed by atoms with E-state index in [4.69, 9.17) is 15.2 Å². The van der Waals surface area contributed by atoms with Gasteiger partial charge in [-0.15, -0.1) is 0 Å². The highest BCUT2D eigenvalue weighted by Gasteiger charge is 2.22. The van der Waals surface area contributed by atoms with Crippen molar-refractivity contribution < 1.29 is 9.47 Å². The number of hydrogen-bond donors (Lipinski definition) is 2. The third-order valence-corrected chi connectivity index (χ3v) is 3.23. The van der Waals surface area contributed by atoms with E-state index in [2.05, 4.69) is 4.98 Å². The predicted octanol–water partition coefficient (Wildman–Crippen LogP) is 1.77. The number of nitriles is 2. The van der Waals surface area contributed by atoms with Crippen LogP contribution in [0.15, 0.2) is 23.0 Å². The van der Waals surface area contributed by atoms with Crippen LogP contribution in [-0.2, 0) is 0 Å². The third-order valence-electron chi connectivity index (χ3n) is 3.23. The van der Waals surface area contributed by atoms with Gasteiger partial charge in [-0.3, -0.25) is 4.79 Å². The van der Waals surface area contributed by atoms with Crippen LogP contribution in [0.2, 0.25) is 0 Å². The van der Waals surface area contributed by atoms with Crippen molar-refractivity contribution in [2.24, 2.45) is 0 Å². The van der Waals surface area contributed by atoms with Gasteiger partial charge in [0.2, 0.25) is 0 Å². The molecule has 0 unspecified atom stereocenters. The van der Waals surface area contributed by atoms with Crippen molar-refractivity contribution in [3.8, 4) is 34.8 Å². The van der Waals surface area contributed by atoms with Crippen LogP contribution in [0.5, 0.6) is 11.5 Å². The van der Waals surface area contributed by atoms with Gasteiger partial charge < -0.3 is 20.2 Å². The number of nitrogen functional groups attached to an aromatic ring is 1. The van der Waals surface area contributed by atoms with E-state index in [1.807, 2.05) is 12.1 Å². The minimum atomic E-state index is -0.663. The monoisotopic (exact) mass is 310 g/mol. The van der Waals surface area contributed by atoms with Crippen molar-refractivity contribution in [3.63, 3.8) is 0 Å². The average molecular weight is 310 g/mol. The van der Waals surface area contributed by atoms with Crippen LogP contribution in [0.1, 0.15) is 18.1 Å². The zero-order valence-corrected chi connectivity index (χ0v) is 12.6. The van der Waals surface area contributed by atoms with Gasteiger partial charge >= 0.3 is 0 Å². The van der Waals surface area contributed by atoms with Gasteiger partial charge in [0.25, 0.3) is 5.56 Å². The summed E-state index contributed by atoms with van der Waals surface area (Å²) >= 11 is 0. The fraction of sp³-hybridized carbons (Fsp3) is 0.188. The molecule has 0 spiro atoms. The van der Waals surface area contributed by atoms with Gasteiger partial charge in [-0.1, -0.05) is 12.1 Å². The molecule has 1 heterocycles. The molecular weight excluding hydrogens is 296 g/mol. The van der Waals surface area contributed by atoms with E-state index in [0.717, 1.165) is 0 Å². The van der Waals surface area contributed by atoms with Crippen LogP contribution in [0, 0.1) is 22.7 Å². The summed E-state index contributed by atoms with van der Waals surface area (Å²) in [5.74, 6) is 0.670. The maximum atomic E-state index is 12.0. The quantitative estimate of drug-likeness (QED) is 0.886. The van der Waals surface area contributed by atoms with E-state index in [9.17, 15) is 15.3 Å². The second kappa shape index (κ2) is 6.54. The Kier molecular flexibility index (Phi) is 4.53. The first-order valence-corrected chi connectivity index (χ1v) is 6.75. The van der Waals surface area contributed by atoms with Crippen LogP contribution in [0.4, 0.5) is 5.82 Å². The van der Waals surface area contributed by atoms with Crippen molar-refractivity contribution >= 4 is 5.82 Å². The fourth-order valence-electron chi connectivity index (χ4n) is 2.28.